The van der Waals surface area contributed by atoms with E-state index in [2.05, 4.69) is 5.32 Å². The number of nitrogens with zero attached hydrogens (tertiary/aromatic N) is 1. The Morgan fingerprint density at radius 2 is 2.22 bits per heavy atom. The van der Waals surface area contributed by atoms with Crippen molar-refractivity contribution in [3.05, 3.63) is 30.1 Å². The Hall–Kier alpha value is -1.78. The van der Waals surface area contributed by atoms with Crippen molar-refractivity contribution < 1.29 is 13.9 Å². The van der Waals surface area contributed by atoms with Crippen molar-refractivity contribution in [1.29, 1.82) is 0 Å². The van der Waals surface area contributed by atoms with Crippen LogP contribution in [-0.2, 0) is 0 Å². The smallest absolute Gasteiger partial charge is 0.317 e. The molecule has 1 N–H and O–H groups in total. The largest absolute Gasteiger partial charge is 0.489 e. The van der Waals surface area contributed by atoms with Gasteiger partial charge in [-0.15, -0.1) is 0 Å². The first-order valence-electron chi connectivity index (χ1n) is 6.14. The molecule has 0 aromatic heterocycles. The highest BCUT2D eigenvalue weighted by atomic mass is 19.1. The molecule has 2 amide bonds. The van der Waals surface area contributed by atoms with Crippen molar-refractivity contribution in [3.8, 4) is 5.75 Å². The van der Waals surface area contributed by atoms with E-state index in [1.807, 2.05) is 6.92 Å². The summed E-state index contributed by atoms with van der Waals surface area (Å²) in [6.07, 6.45) is 0.784. The van der Waals surface area contributed by atoms with E-state index in [1.54, 1.807) is 17.0 Å². The average Bonchev–Trinajstić information content (AvgIpc) is 2.81. The van der Waals surface area contributed by atoms with Gasteiger partial charge in [-0.2, -0.15) is 0 Å². The van der Waals surface area contributed by atoms with Gasteiger partial charge in [0.15, 0.2) is 0 Å². The van der Waals surface area contributed by atoms with Crippen LogP contribution in [-0.4, -0.2) is 36.7 Å². The van der Waals surface area contributed by atoms with Gasteiger partial charge in [0.2, 0.25) is 0 Å². The Labute approximate surface area is 106 Å². The fraction of sp³-hybridized carbons (Fsp3) is 0.462. The third-order valence-corrected chi connectivity index (χ3v) is 2.88. The first-order valence-corrected chi connectivity index (χ1v) is 6.14. The number of likely N-dealkylation sites (tertiary alicyclic amines) is 1. The lowest BCUT2D eigenvalue weighted by Gasteiger charge is -2.17. The predicted molar refractivity (Wildman–Crippen MR) is 66.1 cm³/mol. The molecule has 1 heterocycles. The van der Waals surface area contributed by atoms with Gasteiger partial charge >= 0.3 is 6.03 Å². The fourth-order valence-electron chi connectivity index (χ4n) is 1.98. The molecule has 0 aliphatic carbocycles. The quantitative estimate of drug-likeness (QED) is 0.894. The maximum atomic E-state index is 12.7. The molecule has 0 saturated carbocycles. The van der Waals surface area contributed by atoms with Crippen LogP contribution in [0.25, 0.3) is 0 Å². The topological polar surface area (TPSA) is 41.6 Å². The van der Waals surface area contributed by atoms with Gasteiger partial charge in [0.1, 0.15) is 17.7 Å². The zero-order chi connectivity index (χ0) is 13.0. The maximum absolute atomic E-state index is 12.7. The molecule has 5 heteroatoms. The number of nitrogens with one attached hydrogen (secondary N) is 1. The minimum absolute atomic E-state index is 0.0157. The summed E-state index contributed by atoms with van der Waals surface area (Å²) in [5.41, 5.74) is 0. The van der Waals surface area contributed by atoms with Gasteiger partial charge in [-0.1, -0.05) is 0 Å². The average molecular weight is 252 g/mol. The number of rotatable bonds is 3. The number of ether oxygens (including phenoxy) is 1. The molecule has 1 atom stereocenters. The zero-order valence-electron chi connectivity index (χ0n) is 10.4. The molecular formula is C13H17FN2O2. The monoisotopic (exact) mass is 252 g/mol. The van der Waals surface area contributed by atoms with Crippen LogP contribution in [0.5, 0.6) is 5.75 Å². The SMILES string of the molecule is CCNC(=O)N1CCC(Oc2ccc(F)cc2)C1. The van der Waals surface area contributed by atoms with E-state index in [0.717, 1.165) is 6.42 Å². The van der Waals surface area contributed by atoms with Gasteiger partial charge in [-0.25, -0.2) is 9.18 Å². The van der Waals surface area contributed by atoms with E-state index in [9.17, 15) is 9.18 Å². The highest BCUT2D eigenvalue weighted by molar-refractivity contribution is 5.74. The molecule has 98 valence electrons. The molecule has 1 aromatic rings. The minimum atomic E-state index is -0.280. The molecule has 1 unspecified atom stereocenters. The molecule has 2 rings (SSSR count). The van der Waals surface area contributed by atoms with Crippen LogP contribution in [0.2, 0.25) is 0 Å². The Bertz CT molecular complexity index is 408. The highest BCUT2D eigenvalue weighted by Crippen LogP contribution is 2.18. The lowest BCUT2D eigenvalue weighted by molar-refractivity contribution is 0.187. The van der Waals surface area contributed by atoms with Crippen LogP contribution in [0.3, 0.4) is 0 Å². The summed E-state index contributed by atoms with van der Waals surface area (Å²) in [7, 11) is 0. The standard InChI is InChI=1S/C13H17FN2O2/c1-2-15-13(17)16-8-7-12(9-16)18-11-5-3-10(14)4-6-11/h3-6,12H,2,7-9H2,1H3,(H,15,17). The van der Waals surface area contributed by atoms with Gasteiger partial charge < -0.3 is 15.0 Å². The number of carbonyl (C=O) groups excluding carboxylic acids is 1. The second-order valence-corrected chi connectivity index (χ2v) is 4.26. The van der Waals surface area contributed by atoms with Crippen LogP contribution >= 0.6 is 0 Å². The summed E-state index contributed by atoms with van der Waals surface area (Å²) in [5.74, 6) is 0.358. The second-order valence-electron chi connectivity index (χ2n) is 4.26. The number of urea groups is 1. The third kappa shape index (κ3) is 3.12. The molecule has 0 bridgehead atoms. The highest BCUT2D eigenvalue weighted by Gasteiger charge is 2.27. The Morgan fingerprint density at radius 1 is 1.50 bits per heavy atom. The van der Waals surface area contributed by atoms with Crippen LogP contribution in [0, 0.1) is 5.82 Å². The number of carbonyl (C=O) groups is 1. The number of benzene rings is 1. The molecule has 18 heavy (non-hydrogen) atoms. The number of hydrogen-bond acceptors (Lipinski definition) is 2. The summed E-state index contributed by atoms with van der Waals surface area (Å²) in [6, 6.07) is 5.88. The van der Waals surface area contributed by atoms with Gasteiger partial charge in [-0.05, 0) is 31.2 Å². The van der Waals surface area contributed by atoms with Crippen molar-refractivity contribution in [2.45, 2.75) is 19.4 Å². The van der Waals surface area contributed by atoms with Gasteiger partial charge in [0.25, 0.3) is 0 Å². The Morgan fingerprint density at radius 3 is 2.89 bits per heavy atom. The van der Waals surface area contributed by atoms with Crippen LogP contribution in [0.4, 0.5) is 9.18 Å². The fourth-order valence-corrected chi connectivity index (χ4v) is 1.98. The summed E-state index contributed by atoms with van der Waals surface area (Å²) in [6.45, 7) is 3.78. The number of amides is 2. The van der Waals surface area contributed by atoms with E-state index in [1.165, 1.54) is 12.1 Å². The molecule has 1 aliphatic heterocycles. The minimum Gasteiger partial charge on any atom is -0.489 e. The molecule has 4 nitrogen and oxygen atoms in total. The summed E-state index contributed by atoms with van der Waals surface area (Å²) < 4.78 is 18.4. The first kappa shape index (κ1) is 12.7. The number of halogens is 1. The van der Waals surface area contributed by atoms with Crippen molar-refractivity contribution in [2.24, 2.45) is 0 Å². The molecule has 1 aliphatic rings. The van der Waals surface area contributed by atoms with E-state index in [-0.39, 0.29) is 18.0 Å². The van der Waals surface area contributed by atoms with Crippen LogP contribution < -0.4 is 10.1 Å². The van der Waals surface area contributed by atoms with Crippen molar-refractivity contribution >= 4 is 6.03 Å². The Kier molecular flexibility index (Phi) is 4.02. The number of hydrogen-bond donors (Lipinski definition) is 1. The molecule has 1 saturated heterocycles. The Balaban J connectivity index is 1.86. The van der Waals surface area contributed by atoms with Crippen LogP contribution in [0.15, 0.2) is 24.3 Å². The lowest BCUT2D eigenvalue weighted by Crippen LogP contribution is -2.39. The molecular weight excluding hydrogens is 235 g/mol. The first-order chi connectivity index (χ1) is 8.69. The van der Waals surface area contributed by atoms with Gasteiger partial charge in [0.05, 0.1) is 6.54 Å². The van der Waals surface area contributed by atoms with Crippen molar-refractivity contribution in [1.82, 2.24) is 10.2 Å². The van der Waals surface area contributed by atoms with Crippen molar-refractivity contribution in [3.63, 3.8) is 0 Å². The normalized spacial score (nSPS) is 18.8. The summed E-state index contributed by atoms with van der Waals surface area (Å²) in [4.78, 5) is 13.3. The molecule has 0 spiro atoms. The maximum Gasteiger partial charge on any atom is 0.317 e. The zero-order valence-corrected chi connectivity index (χ0v) is 10.4. The molecule has 1 fully saturated rings. The van der Waals surface area contributed by atoms with Gasteiger partial charge in [-0.3, -0.25) is 0 Å². The summed E-state index contributed by atoms with van der Waals surface area (Å²) >= 11 is 0. The van der Waals surface area contributed by atoms with E-state index >= 15 is 0 Å². The van der Waals surface area contributed by atoms with Crippen LogP contribution in [0.1, 0.15) is 13.3 Å². The third-order valence-electron chi connectivity index (χ3n) is 2.88. The van der Waals surface area contributed by atoms with Crippen molar-refractivity contribution in [2.75, 3.05) is 19.6 Å². The van der Waals surface area contributed by atoms with E-state index in [4.69, 9.17) is 4.74 Å². The van der Waals surface area contributed by atoms with Gasteiger partial charge in [0, 0.05) is 19.5 Å². The van der Waals surface area contributed by atoms with E-state index < -0.39 is 0 Å². The van der Waals surface area contributed by atoms with E-state index in [0.29, 0.717) is 25.4 Å². The predicted octanol–water partition coefficient (Wildman–Crippen LogP) is 2.01. The summed E-state index contributed by atoms with van der Waals surface area (Å²) in [5, 5.41) is 2.76. The molecule has 1 aromatic carbocycles. The molecule has 0 radical (unpaired) electrons. The second kappa shape index (κ2) is 5.71. The lowest BCUT2D eigenvalue weighted by atomic mass is 10.3.